The highest BCUT2D eigenvalue weighted by atomic mass is 32.2. The number of hydrogen-bond donors (Lipinski definition) is 2. The molecule has 44 heavy (non-hydrogen) atoms. The number of fused-ring (bicyclic) bond motifs is 1. The van der Waals surface area contributed by atoms with Gasteiger partial charge in [-0.1, -0.05) is 43.7 Å². The Morgan fingerprint density at radius 1 is 1.00 bits per heavy atom. The zero-order valence-corrected chi connectivity index (χ0v) is 26.9. The number of aryl methyl sites for hydroxylation is 3. The van der Waals surface area contributed by atoms with Crippen molar-refractivity contribution in [2.45, 2.75) is 40.0 Å². The van der Waals surface area contributed by atoms with Crippen LogP contribution in [0.5, 0.6) is 0 Å². The number of hydrogen-bond acceptors (Lipinski definition) is 6. The number of carbonyl (C=O) groups is 2. The summed E-state index contributed by atoms with van der Waals surface area (Å²) in [5.74, 6) is -1.06. The Balaban J connectivity index is 1.68. The van der Waals surface area contributed by atoms with Gasteiger partial charge in [-0.05, 0) is 74.2 Å². The van der Waals surface area contributed by atoms with E-state index < -0.39 is 21.7 Å². The lowest BCUT2D eigenvalue weighted by Crippen LogP contribution is -2.34. The van der Waals surface area contributed by atoms with E-state index in [0.29, 0.717) is 30.0 Å². The monoisotopic (exact) mass is 615 g/mol. The first-order chi connectivity index (χ1) is 21.0. The number of likely N-dealkylation sites (N-methyl/N-ethyl adjacent to an activating group) is 1. The Kier molecular flexibility index (Phi) is 10.7. The van der Waals surface area contributed by atoms with Crippen molar-refractivity contribution >= 4 is 55.4 Å². The minimum absolute atomic E-state index is 0.211. The molecule has 0 atom stereocenters. The summed E-state index contributed by atoms with van der Waals surface area (Å²) in [6, 6.07) is 20.8. The highest BCUT2D eigenvalue weighted by Crippen LogP contribution is 2.27. The molecule has 0 saturated heterocycles. The Morgan fingerprint density at radius 2 is 1.73 bits per heavy atom. The third kappa shape index (κ3) is 8.21. The summed E-state index contributed by atoms with van der Waals surface area (Å²) in [6.45, 7) is 7.43. The van der Waals surface area contributed by atoms with Gasteiger partial charge in [-0.15, -0.1) is 0 Å². The Morgan fingerprint density at radius 3 is 2.39 bits per heavy atom. The predicted molar refractivity (Wildman–Crippen MR) is 180 cm³/mol. The van der Waals surface area contributed by atoms with Crippen LogP contribution < -0.4 is 14.9 Å². The van der Waals surface area contributed by atoms with Crippen LogP contribution in [0, 0.1) is 6.92 Å². The molecule has 0 aliphatic rings. The van der Waals surface area contributed by atoms with Gasteiger partial charge in [0, 0.05) is 60.7 Å². The summed E-state index contributed by atoms with van der Waals surface area (Å²) in [6.07, 6.45) is 6.03. The lowest BCUT2D eigenvalue weighted by Gasteiger charge is -2.24. The van der Waals surface area contributed by atoms with Crippen molar-refractivity contribution in [1.29, 1.82) is 0 Å². The maximum absolute atomic E-state index is 14.0. The fourth-order valence-corrected chi connectivity index (χ4v) is 5.56. The molecule has 0 fully saturated rings. The molecule has 232 valence electrons. The number of unbranched alkanes of at least 4 members (excludes halogenated alkanes) is 1. The van der Waals surface area contributed by atoms with Crippen LogP contribution in [0.15, 0.2) is 77.9 Å². The normalized spacial score (nSPS) is 12.0. The number of sulfonamides is 1. The number of anilines is 2. The molecule has 1 heterocycles. The molecule has 1 amide bonds. The summed E-state index contributed by atoms with van der Waals surface area (Å²) in [4.78, 5) is 34.5. The van der Waals surface area contributed by atoms with Crippen molar-refractivity contribution in [3.8, 4) is 0 Å². The molecule has 0 aliphatic carbocycles. The number of amides is 1. The second-order valence-electron chi connectivity index (χ2n) is 10.9. The van der Waals surface area contributed by atoms with Crippen molar-refractivity contribution < 1.29 is 18.0 Å². The zero-order chi connectivity index (χ0) is 31.9. The molecule has 0 unspecified atom stereocenters. The molecular formula is C34H41N5O4S. The average molecular weight is 616 g/mol. The van der Waals surface area contributed by atoms with E-state index in [-0.39, 0.29) is 12.3 Å². The molecule has 3 aromatic carbocycles. The summed E-state index contributed by atoms with van der Waals surface area (Å²) < 4.78 is 27.4. The van der Waals surface area contributed by atoms with Crippen LogP contribution >= 0.6 is 0 Å². The molecule has 0 bridgehead atoms. The van der Waals surface area contributed by atoms with E-state index in [1.165, 1.54) is 5.56 Å². The van der Waals surface area contributed by atoms with Gasteiger partial charge in [0.1, 0.15) is 0 Å². The first-order valence-corrected chi connectivity index (χ1v) is 16.8. The highest BCUT2D eigenvalue weighted by molar-refractivity contribution is 7.88. The van der Waals surface area contributed by atoms with E-state index in [2.05, 4.69) is 22.0 Å². The van der Waals surface area contributed by atoms with Gasteiger partial charge in [0.25, 0.3) is 5.91 Å². The highest BCUT2D eigenvalue weighted by Gasteiger charge is 2.26. The molecule has 0 radical (unpaired) electrons. The standard InChI is InChI=1S/C34H41N5O4S/c1-6-8-11-25-14-16-26(17-15-25)36-34(41)32(33(40)29-23-38(4)31-13-10-9-12-28(29)31)37-30-19-18-27(22-24(30)3)39(7-2)21-20-35-44(5,42)43/h9-10,12-19,22-23,35H,6-8,11,20-21H2,1-5H3,(H,36,41). The number of rotatable bonds is 14. The number of benzene rings is 3. The van der Waals surface area contributed by atoms with E-state index in [4.69, 9.17) is 0 Å². The first-order valence-electron chi connectivity index (χ1n) is 14.9. The molecule has 9 nitrogen and oxygen atoms in total. The van der Waals surface area contributed by atoms with Crippen LogP contribution in [0.2, 0.25) is 0 Å². The van der Waals surface area contributed by atoms with E-state index in [0.717, 1.165) is 47.7 Å². The molecule has 10 heteroatoms. The van der Waals surface area contributed by atoms with Crippen LogP contribution in [-0.4, -0.2) is 56.3 Å². The van der Waals surface area contributed by atoms with Crippen LogP contribution in [0.1, 0.15) is 48.2 Å². The molecule has 0 spiro atoms. The number of nitrogens with zero attached hydrogens (tertiary/aromatic N) is 3. The lowest BCUT2D eigenvalue weighted by atomic mass is 10.0. The van der Waals surface area contributed by atoms with E-state index in [9.17, 15) is 18.0 Å². The molecular weight excluding hydrogens is 574 g/mol. The van der Waals surface area contributed by atoms with Crippen molar-refractivity contribution in [3.05, 3.63) is 89.6 Å². The van der Waals surface area contributed by atoms with Gasteiger partial charge in [0.05, 0.1) is 11.9 Å². The Labute approximate surface area is 260 Å². The number of para-hydroxylation sites is 1. The minimum Gasteiger partial charge on any atom is -0.370 e. The van der Waals surface area contributed by atoms with Crippen LogP contribution in [-0.2, 0) is 28.3 Å². The van der Waals surface area contributed by atoms with Crippen molar-refractivity contribution in [1.82, 2.24) is 9.29 Å². The number of aliphatic imine (C=N–C) groups is 1. The second kappa shape index (κ2) is 14.5. The number of nitrogens with one attached hydrogen (secondary N) is 2. The van der Waals surface area contributed by atoms with Gasteiger partial charge in [-0.3, -0.25) is 9.59 Å². The molecule has 4 rings (SSSR count). The minimum atomic E-state index is -3.28. The quantitative estimate of drug-likeness (QED) is 0.106. The van der Waals surface area contributed by atoms with Crippen LogP contribution in [0.25, 0.3) is 10.9 Å². The lowest BCUT2D eigenvalue weighted by molar-refractivity contribution is -0.110. The summed E-state index contributed by atoms with van der Waals surface area (Å²) >= 11 is 0. The van der Waals surface area contributed by atoms with Gasteiger partial charge in [-0.2, -0.15) is 0 Å². The maximum Gasteiger partial charge on any atom is 0.278 e. The van der Waals surface area contributed by atoms with Crippen LogP contribution in [0.4, 0.5) is 17.1 Å². The van der Waals surface area contributed by atoms with Gasteiger partial charge in [0.2, 0.25) is 15.8 Å². The van der Waals surface area contributed by atoms with Crippen molar-refractivity contribution in [2.75, 3.05) is 36.1 Å². The fraction of sp³-hybridized carbons (Fsp3) is 0.324. The fourth-order valence-electron chi connectivity index (χ4n) is 5.10. The summed E-state index contributed by atoms with van der Waals surface area (Å²) in [5.41, 5.74) is 4.99. The number of carbonyl (C=O) groups excluding carboxylic acids is 2. The second-order valence-corrected chi connectivity index (χ2v) is 12.8. The Bertz CT molecular complexity index is 1780. The predicted octanol–water partition coefficient (Wildman–Crippen LogP) is 5.80. The number of aromatic nitrogens is 1. The van der Waals surface area contributed by atoms with E-state index >= 15 is 0 Å². The topological polar surface area (TPSA) is 113 Å². The maximum atomic E-state index is 14.0. The molecule has 0 aliphatic heterocycles. The summed E-state index contributed by atoms with van der Waals surface area (Å²) in [5, 5.41) is 3.63. The van der Waals surface area contributed by atoms with Gasteiger partial charge >= 0.3 is 0 Å². The summed E-state index contributed by atoms with van der Waals surface area (Å²) in [7, 11) is -1.42. The zero-order valence-electron chi connectivity index (χ0n) is 26.1. The Hall–Kier alpha value is -4.28. The molecule has 2 N–H and O–H groups in total. The SMILES string of the molecule is CCCCc1ccc(NC(=O)C(=Nc2ccc(N(CC)CCNS(C)(=O)=O)cc2C)C(=O)c2cn(C)c3ccccc23)cc1. The van der Waals surface area contributed by atoms with Crippen molar-refractivity contribution in [3.63, 3.8) is 0 Å². The molecule has 0 saturated carbocycles. The largest absolute Gasteiger partial charge is 0.370 e. The van der Waals surface area contributed by atoms with Crippen LogP contribution in [0.3, 0.4) is 0 Å². The van der Waals surface area contributed by atoms with E-state index in [1.807, 2.05) is 91.0 Å². The molecule has 1 aromatic heterocycles. The van der Waals surface area contributed by atoms with Gasteiger partial charge in [0.15, 0.2) is 5.71 Å². The van der Waals surface area contributed by atoms with Gasteiger partial charge in [-0.25, -0.2) is 18.1 Å². The average Bonchev–Trinajstić information content (AvgIpc) is 3.34. The van der Waals surface area contributed by atoms with E-state index in [1.54, 1.807) is 12.3 Å². The third-order valence-electron chi connectivity index (χ3n) is 7.51. The number of ketones is 1. The van der Waals surface area contributed by atoms with Gasteiger partial charge < -0.3 is 14.8 Å². The first kappa shape index (κ1) is 32.6. The third-order valence-corrected chi connectivity index (χ3v) is 8.24. The number of Topliss-reactive ketones (excluding diaryl/α,β-unsaturated/α-hetero) is 1. The smallest absolute Gasteiger partial charge is 0.278 e. The molecule has 4 aromatic rings. The van der Waals surface area contributed by atoms with Crippen molar-refractivity contribution in [2.24, 2.45) is 12.0 Å².